The first kappa shape index (κ1) is 28.5. The molecular weight excluding hydrogens is 469 g/mol. The lowest BCUT2D eigenvalue weighted by molar-refractivity contribution is -0.123. The number of hydrogen-bond donors (Lipinski definition) is 2. The number of hydrogen-bond acceptors (Lipinski definition) is 7. The monoisotopic (exact) mass is 499 g/mol. The maximum atomic E-state index is 13.1. The SMILES string of the molecule is COc1cc(C(=O)CC(Cc2ccccn2)NC(=O)[C@@H]2CCCN2)cc(OC)c1OC.Cl.Cl. The first-order valence-electron chi connectivity index (χ1n) is 10.3. The molecule has 182 valence electrons. The van der Waals surface area contributed by atoms with Gasteiger partial charge in [0.15, 0.2) is 17.3 Å². The number of nitrogens with zero attached hydrogens (tertiary/aromatic N) is 1. The smallest absolute Gasteiger partial charge is 0.237 e. The Balaban J connectivity index is 0.00000272. The summed E-state index contributed by atoms with van der Waals surface area (Å²) in [5.74, 6) is 1.01. The minimum absolute atomic E-state index is 0. The number of nitrogens with one attached hydrogen (secondary N) is 2. The lowest BCUT2D eigenvalue weighted by Crippen LogP contribution is -2.46. The van der Waals surface area contributed by atoms with E-state index in [1.807, 2.05) is 18.2 Å². The zero-order chi connectivity index (χ0) is 22.2. The van der Waals surface area contributed by atoms with Crippen LogP contribution in [0.3, 0.4) is 0 Å². The number of ether oxygens (including phenoxy) is 3. The van der Waals surface area contributed by atoms with Crippen LogP contribution in [0.2, 0.25) is 0 Å². The van der Waals surface area contributed by atoms with Gasteiger partial charge in [-0.25, -0.2) is 0 Å². The quantitative estimate of drug-likeness (QED) is 0.484. The van der Waals surface area contributed by atoms with Crippen molar-refractivity contribution in [1.82, 2.24) is 15.6 Å². The number of pyridine rings is 1. The van der Waals surface area contributed by atoms with Crippen LogP contribution in [0.4, 0.5) is 0 Å². The van der Waals surface area contributed by atoms with Crippen LogP contribution >= 0.6 is 24.8 Å². The van der Waals surface area contributed by atoms with Gasteiger partial charge < -0.3 is 24.8 Å². The van der Waals surface area contributed by atoms with Crippen LogP contribution in [0, 0.1) is 0 Å². The fraction of sp³-hybridized carbons (Fsp3) is 0.435. The number of carbonyl (C=O) groups excluding carboxylic acids is 2. The van der Waals surface area contributed by atoms with Crippen molar-refractivity contribution in [3.63, 3.8) is 0 Å². The van der Waals surface area contributed by atoms with Gasteiger partial charge in [0.2, 0.25) is 11.7 Å². The summed E-state index contributed by atoms with van der Waals surface area (Å²) in [5, 5.41) is 6.23. The van der Waals surface area contributed by atoms with Crippen molar-refractivity contribution < 1.29 is 23.8 Å². The lowest BCUT2D eigenvalue weighted by Gasteiger charge is -2.21. The van der Waals surface area contributed by atoms with Gasteiger partial charge in [0.1, 0.15) is 0 Å². The minimum Gasteiger partial charge on any atom is -0.493 e. The maximum absolute atomic E-state index is 13.1. The molecule has 2 heterocycles. The fourth-order valence-electron chi connectivity index (χ4n) is 3.74. The average molecular weight is 500 g/mol. The standard InChI is InChI=1S/C23H29N3O5.2ClH/c1-29-20-11-15(12-21(30-2)22(20)31-3)19(27)14-17(13-16-7-4-5-9-24-16)26-23(28)18-8-6-10-25-18;;/h4-5,7,9,11-12,17-18,25H,6,8,10,13-14H2,1-3H3,(H,26,28);2*1H/t17?,18-;;/m0../s1. The number of aromatic nitrogens is 1. The molecule has 0 aliphatic carbocycles. The van der Waals surface area contributed by atoms with Crippen molar-refractivity contribution in [3.8, 4) is 17.2 Å². The fourth-order valence-corrected chi connectivity index (χ4v) is 3.74. The molecule has 1 aliphatic heterocycles. The highest BCUT2D eigenvalue weighted by atomic mass is 35.5. The van der Waals surface area contributed by atoms with Crippen molar-refractivity contribution in [3.05, 3.63) is 47.8 Å². The zero-order valence-corrected chi connectivity index (χ0v) is 20.6. The molecule has 0 spiro atoms. The molecular formula is C23H31Cl2N3O5. The second kappa shape index (κ2) is 13.9. The van der Waals surface area contributed by atoms with Crippen LogP contribution in [-0.4, -0.2) is 56.6 Å². The number of benzene rings is 1. The minimum atomic E-state index is -0.392. The molecule has 1 aromatic carbocycles. The van der Waals surface area contributed by atoms with E-state index in [1.54, 1.807) is 18.3 Å². The Morgan fingerprint density at radius 1 is 1.12 bits per heavy atom. The van der Waals surface area contributed by atoms with Crippen molar-refractivity contribution in [1.29, 1.82) is 0 Å². The molecule has 0 radical (unpaired) electrons. The highest BCUT2D eigenvalue weighted by Crippen LogP contribution is 2.38. The molecule has 1 unspecified atom stereocenters. The molecule has 1 fully saturated rings. The van der Waals surface area contributed by atoms with Crippen LogP contribution in [0.1, 0.15) is 35.3 Å². The van der Waals surface area contributed by atoms with Gasteiger partial charge in [-0.15, -0.1) is 24.8 Å². The van der Waals surface area contributed by atoms with Crippen molar-refractivity contribution in [2.75, 3.05) is 27.9 Å². The summed E-state index contributed by atoms with van der Waals surface area (Å²) in [6.45, 7) is 0.827. The Bertz CT molecular complexity index is 883. The van der Waals surface area contributed by atoms with Crippen LogP contribution < -0.4 is 24.8 Å². The van der Waals surface area contributed by atoms with E-state index >= 15 is 0 Å². The molecule has 1 amide bonds. The van der Waals surface area contributed by atoms with Gasteiger partial charge in [-0.05, 0) is 43.7 Å². The van der Waals surface area contributed by atoms with E-state index in [0.717, 1.165) is 25.1 Å². The highest BCUT2D eigenvalue weighted by molar-refractivity contribution is 5.98. The molecule has 2 N–H and O–H groups in total. The molecule has 8 nitrogen and oxygen atoms in total. The molecule has 0 saturated carbocycles. The largest absolute Gasteiger partial charge is 0.493 e. The van der Waals surface area contributed by atoms with E-state index in [-0.39, 0.29) is 49.0 Å². The number of ketones is 1. The van der Waals surface area contributed by atoms with Gasteiger partial charge in [0, 0.05) is 36.3 Å². The van der Waals surface area contributed by atoms with Crippen LogP contribution in [0.25, 0.3) is 0 Å². The van der Waals surface area contributed by atoms with E-state index in [0.29, 0.717) is 29.2 Å². The number of carbonyl (C=O) groups is 2. The second-order valence-corrected chi connectivity index (χ2v) is 7.42. The van der Waals surface area contributed by atoms with Gasteiger partial charge >= 0.3 is 0 Å². The predicted octanol–water partition coefficient (Wildman–Crippen LogP) is 3.00. The Morgan fingerprint density at radius 3 is 2.33 bits per heavy atom. The van der Waals surface area contributed by atoms with Crippen LogP contribution in [-0.2, 0) is 11.2 Å². The Labute approximate surface area is 206 Å². The Morgan fingerprint density at radius 2 is 1.82 bits per heavy atom. The van der Waals surface area contributed by atoms with Crippen LogP contribution in [0.5, 0.6) is 17.2 Å². The molecule has 1 saturated heterocycles. The van der Waals surface area contributed by atoms with Gasteiger partial charge in [-0.1, -0.05) is 6.07 Å². The van der Waals surface area contributed by atoms with Gasteiger partial charge in [-0.2, -0.15) is 0 Å². The van der Waals surface area contributed by atoms with Crippen molar-refractivity contribution in [2.45, 2.75) is 37.8 Å². The molecule has 2 aromatic rings. The van der Waals surface area contributed by atoms with Gasteiger partial charge in [0.25, 0.3) is 0 Å². The maximum Gasteiger partial charge on any atom is 0.237 e. The number of methoxy groups -OCH3 is 3. The second-order valence-electron chi connectivity index (χ2n) is 7.42. The van der Waals surface area contributed by atoms with E-state index in [4.69, 9.17) is 14.2 Å². The average Bonchev–Trinajstić information content (AvgIpc) is 3.33. The molecule has 33 heavy (non-hydrogen) atoms. The summed E-state index contributed by atoms with van der Waals surface area (Å²) in [6.07, 6.45) is 4.03. The third-order valence-electron chi connectivity index (χ3n) is 5.32. The molecule has 3 rings (SSSR count). The number of amides is 1. The molecule has 1 aromatic heterocycles. The molecule has 0 bridgehead atoms. The zero-order valence-electron chi connectivity index (χ0n) is 19.0. The third-order valence-corrected chi connectivity index (χ3v) is 5.32. The summed E-state index contributed by atoms with van der Waals surface area (Å²) in [4.78, 5) is 30.2. The number of Topliss-reactive ketones (excluding diaryl/α,β-unsaturated/α-hetero) is 1. The molecule has 10 heteroatoms. The topological polar surface area (TPSA) is 98.8 Å². The number of rotatable bonds is 10. The Kier molecular flexibility index (Phi) is 12.0. The van der Waals surface area contributed by atoms with Gasteiger partial charge in [0.05, 0.1) is 27.4 Å². The normalized spacial score (nSPS) is 15.4. The van der Waals surface area contributed by atoms with E-state index in [2.05, 4.69) is 15.6 Å². The highest BCUT2D eigenvalue weighted by Gasteiger charge is 2.26. The van der Waals surface area contributed by atoms with Gasteiger partial charge in [-0.3, -0.25) is 14.6 Å². The van der Waals surface area contributed by atoms with Crippen molar-refractivity contribution >= 4 is 36.5 Å². The molecule has 1 aliphatic rings. The predicted molar refractivity (Wildman–Crippen MR) is 130 cm³/mol. The Hall–Kier alpha value is -2.55. The first-order chi connectivity index (χ1) is 15.0. The van der Waals surface area contributed by atoms with E-state index in [1.165, 1.54) is 21.3 Å². The first-order valence-corrected chi connectivity index (χ1v) is 10.3. The number of halogens is 2. The van der Waals surface area contributed by atoms with Crippen LogP contribution in [0.15, 0.2) is 36.5 Å². The summed E-state index contributed by atoms with van der Waals surface area (Å²) in [5.41, 5.74) is 1.23. The third kappa shape index (κ3) is 7.48. The lowest BCUT2D eigenvalue weighted by atomic mass is 9.98. The summed E-state index contributed by atoms with van der Waals surface area (Å²) in [7, 11) is 4.52. The van der Waals surface area contributed by atoms with Crippen molar-refractivity contribution in [2.24, 2.45) is 0 Å². The summed E-state index contributed by atoms with van der Waals surface area (Å²) >= 11 is 0. The van der Waals surface area contributed by atoms with E-state index < -0.39 is 6.04 Å². The van der Waals surface area contributed by atoms with E-state index in [9.17, 15) is 9.59 Å². The summed E-state index contributed by atoms with van der Waals surface area (Å²) < 4.78 is 16.0. The summed E-state index contributed by atoms with van der Waals surface area (Å²) in [6, 6.07) is 8.25. The molecule has 2 atom stereocenters.